The molecule has 0 atom stereocenters. The number of rotatable bonds is 4. The largest absolute Gasteiger partial charge is 0.341 e. The molecule has 1 fully saturated rings. The molecule has 0 saturated carbocycles. The minimum Gasteiger partial charge on any atom is -0.341 e. The molecule has 0 unspecified atom stereocenters. The molecule has 126 valence electrons. The lowest BCUT2D eigenvalue weighted by Crippen LogP contribution is -2.34. The Morgan fingerprint density at radius 2 is 1.40 bits per heavy atom. The fourth-order valence-corrected chi connectivity index (χ4v) is 3.02. The summed E-state index contributed by atoms with van der Waals surface area (Å²) in [6.07, 6.45) is 12.3. The van der Waals surface area contributed by atoms with Gasteiger partial charge in [-0.15, -0.1) is 0 Å². The van der Waals surface area contributed by atoms with E-state index in [0.29, 0.717) is 11.9 Å². The third-order valence-electron chi connectivity index (χ3n) is 4.24. The molecule has 4 heterocycles. The molecule has 0 amide bonds. The van der Waals surface area contributed by atoms with Crippen LogP contribution in [0.25, 0.3) is 0 Å². The summed E-state index contributed by atoms with van der Waals surface area (Å²) in [5, 5.41) is 3.18. The van der Waals surface area contributed by atoms with Crippen molar-refractivity contribution in [2.75, 3.05) is 23.3 Å². The van der Waals surface area contributed by atoms with Crippen molar-refractivity contribution in [2.24, 2.45) is 0 Å². The number of hydrogen-bond acceptors (Lipinski definition) is 8. The highest BCUT2D eigenvalue weighted by molar-refractivity contribution is 5.51. The molecule has 1 aliphatic rings. The van der Waals surface area contributed by atoms with Crippen molar-refractivity contribution in [3.8, 4) is 0 Å². The zero-order valence-electron chi connectivity index (χ0n) is 13.7. The lowest BCUT2D eigenvalue weighted by Gasteiger charge is -2.32. The Kier molecular flexibility index (Phi) is 4.40. The molecule has 0 spiro atoms. The summed E-state index contributed by atoms with van der Waals surface area (Å²) in [6, 6.07) is 3.61. The summed E-state index contributed by atoms with van der Waals surface area (Å²) in [7, 11) is 0. The molecule has 0 aliphatic carbocycles. The minimum atomic E-state index is 0.333. The van der Waals surface area contributed by atoms with E-state index in [0.717, 1.165) is 43.4 Å². The molecule has 3 aromatic rings. The second-order valence-corrected chi connectivity index (χ2v) is 5.80. The highest BCUT2D eigenvalue weighted by Crippen LogP contribution is 2.31. The summed E-state index contributed by atoms with van der Waals surface area (Å²) in [5.41, 5.74) is 0.962. The van der Waals surface area contributed by atoms with Gasteiger partial charge in [-0.05, 0) is 25.0 Å². The van der Waals surface area contributed by atoms with Gasteiger partial charge < -0.3 is 10.2 Å². The maximum Gasteiger partial charge on any atom is 0.228 e. The van der Waals surface area contributed by atoms with Gasteiger partial charge in [-0.25, -0.2) is 24.9 Å². The van der Waals surface area contributed by atoms with Crippen LogP contribution in [0.15, 0.2) is 49.3 Å². The number of hydrogen-bond donors (Lipinski definition) is 1. The lowest BCUT2D eigenvalue weighted by atomic mass is 9.93. The summed E-state index contributed by atoms with van der Waals surface area (Å²) in [4.78, 5) is 28.3. The number of nitrogens with zero attached hydrogens (tertiary/aromatic N) is 7. The summed E-state index contributed by atoms with van der Waals surface area (Å²) < 4.78 is 0. The molecule has 3 aromatic heterocycles. The van der Waals surface area contributed by atoms with E-state index in [1.165, 1.54) is 0 Å². The van der Waals surface area contributed by atoms with Crippen LogP contribution in [0.1, 0.15) is 24.5 Å². The summed E-state index contributed by atoms with van der Waals surface area (Å²) in [5.74, 6) is 2.37. The van der Waals surface area contributed by atoms with Crippen LogP contribution in [0.3, 0.4) is 0 Å². The average molecular weight is 334 g/mol. The third kappa shape index (κ3) is 3.52. The van der Waals surface area contributed by atoms with Crippen molar-refractivity contribution in [2.45, 2.75) is 18.8 Å². The zero-order chi connectivity index (χ0) is 16.9. The molecular formula is C17H18N8. The van der Waals surface area contributed by atoms with Crippen molar-refractivity contribution in [1.82, 2.24) is 29.9 Å². The molecule has 8 heteroatoms. The third-order valence-corrected chi connectivity index (χ3v) is 4.24. The minimum absolute atomic E-state index is 0.333. The summed E-state index contributed by atoms with van der Waals surface area (Å²) >= 11 is 0. The molecule has 25 heavy (non-hydrogen) atoms. The van der Waals surface area contributed by atoms with Crippen LogP contribution in [0, 0.1) is 0 Å². The first-order valence-corrected chi connectivity index (χ1v) is 8.27. The molecule has 0 radical (unpaired) electrons. The van der Waals surface area contributed by atoms with Gasteiger partial charge in [-0.3, -0.25) is 4.98 Å². The van der Waals surface area contributed by atoms with E-state index in [2.05, 4.69) is 40.1 Å². The Hall–Kier alpha value is -3.16. The van der Waals surface area contributed by atoms with E-state index in [1.807, 2.05) is 6.07 Å². The van der Waals surface area contributed by atoms with Crippen LogP contribution in [0.5, 0.6) is 0 Å². The highest BCUT2D eigenvalue weighted by Gasteiger charge is 2.25. The van der Waals surface area contributed by atoms with Crippen molar-refractivity contribution in [3.05, 3.63) is 55.0 Å². The number of anilines is 3. The first-order chi connectivity index (χ1) is 12.4. The Morgan fingerprint density at radius 1 is 0.760 bits per heavy atom. The molecule has 1 saturated heterocycles. The average Bonchev–Trinajstić information content (AvgIpc) is 2.70. The van der Waals surface area contributed by atoms with E-state index in [4.69, 9.17) is 0 Å². The van der Waals surface area contributed by atoms with Crippen molar-refractivity contribution in [1.29, 1.82) is 0 Å². The van der Waals surface area contributed by atoms with E-state index >= 15 is 0 Å². The fraction of sp³-hybridized carbons (Fsp3) is 0.294. The monoisotopic (exact) mass is 334 g/mol. The van der Waals surface area contributed by atoms with Crippen LogP contribution in [0.2, 0.25) is 0 Å². The molecule has 4 rings (SSSR count). The van der Waals surface area contributed by atoms with Gasteiger partial charge in [-0.2, -0.15) is 0 Å². The molecule has 0 aromatic carbocycles. The van der Waals surface area contributed by atoms with Crippen LogP contribution in [0.4, 0.5) is 17.7 Å². The smallest absolute Gasteiger partial charge is 0.228 e. The van der Waals surface area contributed by atoms with Crippen LogP contribution in [-0.4, -0.2) is 43.0 Å². The number of nitrogens with one attached hydrogen (secondary N) is 1. The van der Waals surface area contributed by atoms with Crippen molar-refractivity contribution in [3.63, 3.8) is 0 Å². The Bertz CT molecular complexity index is 803. The Labute approximate surface area is 145 Å². The summed E-state index contributed by atoms with van der Waals surface area (Å²) in [6.45, 7) is 1.79. The quantitative estimate of drug-likeness (QED) is 0.776. The van der Waals surface area contributed by atoms with Gasteiger partial charge in [-0.1, -0.05) is 0 Å². The zero-order valence-corrected chi connectivity index (χ0v) is 13.7. The van der Waals surface area contributed by atoms with Gasteiger partial charge in [0.25, 0.3) is 0 Å². The van der Waals surface area contributed by atoms with Gasteiger partial charge in [0.2, 0.25) is 11.9 Å². The van der Waals surface area contributed by atoms with Crippen LogP contribution in [-0.2, 0) is 0 Å². The van der Waals surface area contributed by atoms with E-state index in [-0.39, 0.29) is 0 Å². The highest BCUT2D eigenvalue weighted by atomic mass is 15.2. The predicted octanol–water partition coefficient (Wildman–Crippen LogP) is 2.18. The second kappa shape index (κ2) is 7.16. The van der Waals surface area contributed by atoms with Crippen molar-refractivity contribution < 1.29 is 0 Å². The van der Waals surface area contributed by atoms with E-state index in [9.17, 15) is 0 Å². The molecule has 0 bridgehead atoms. The maximum atomic E-state index is 4.57. The Morgan fingerprint density at radius 3 is 2.12 bits per heavy atom. The van der Waals surface area contributed by atoms with E-state index in [1.54, 1.807) is 43.2 Å². The van der Waals surface area contributed by atoms with Crippen LogP contribution < -0.4 is 10.2 Å². The fourth-order valence-electron chi connectivity index (χ4n) is 3.02. The van der Waals surface area contributed by atoms with Gasteiger partial charge in [0.15, 0.2) is 5.82 Å². The topological polar surface area (TPSA) is 92.6 Å². The van der Waals surface area contributed by atoms with Gasteiger partial charge in [0.05, 0.1) is 5.69 Å². The number of aromatic nitrogens is 6. The molecule has 1 aliphatic heterocycles. The first-order valence-electron chi connectivity index (χ1n) is 8.27. The molecule has 8 nitrogen and oxygen atoms in total. The van der Waals surface area contributed by atoms with Gasteiger partial charge >= 0.3 is 0 Å². The normalized spacial score (nSPS) is 15.1. The maximum absolute atomic E-state index is 4.57. The second-order valence-electron chi connectivity index (χ2n) is 5.80. The first kappa shape index (κ1) is 15.4. The van der Waals surface area contributed by atoms with E-state index < -0.39 is 0 Å². The number of piperidine rings is 1. The molecular weight excluding hydrogens is 316 g/mol. The Balaban J connectivity index is 1.48. The van der Waals surface area contributed by atoms with Crippen molar-refractivity contribution >= 4 is 17.7 Å². The SMILES string of the molecule is c1cnc(Nc2nccnc2C2CCN(c3ncccn3)CC2)nc1. The standard InChI is InChI=1S/C17H18N8/c1-5-20-16(21-6-1)24-15-14(18-9-10-19-15)13-3-11-25(12-4-13)17-22-7-2-8-23-17/h1-2,5-10,13H,3-4,11-12H2,(H,19,20,21,24). The molecule has 1 N–H and O–H groups in total. The van der Waals surface area contributed by atoms with Gasteiger partial charge in [0.1, 0.15) is 0 Å². The van der Waals surface area contributed by atoms with Gasteiger partial charge in [0, 0.05) is 56.2 Å². The van der Waals surface area contributed by atoms with Crippen LogP contribution >= 0.6 is 0 Å². The predicted molar refractivity (Wildman–Crippen MR) is 93.6 cm³/mol. The lowest BCUT2D eigenvalue weighted by molar-refractivity contribution is 0.490.